The van der Waals surface area contributed by atoms with Crippen LogP contribution in [0.2, 0.25) is 0 Å². The normalized spacial score (nSPS) is 11.9. The maximum atomic E-state index is 12.2. The molecule has 0 aliphatic rings. The molecule has 0 saturated carbocycles. The van der Waals surface area contributed by atoms with Gasteiger partial charge in [0.2, 0.25) is 0 Å². The number of nitrogens with zero attached hydrogens (tertiary/aromatic N) is 2. The first kappa shape index (κ1) is 9.26. The lowest BCUT2D eigenvalue weighted by Crippen LogP contribution is -2.06. The monoisotopic (exact) mass is 218 g/mol. The van der Waals surface area contributed by atoms with Gasteiger partial charge in [-0.15, -0.1) is 11.3 Å². The fraction of sp³-hybridized carbons (Fsp3) is 0.125. The second-order valence-corrected chi connectivity index (χ2v) is 3.52. The number of hydrogen-bond donors (Lipinski definition) is 0. The van der Waals surface area contributed by atoms with Crippen molar-refractivity contribution < 1.29 is 13.2 Å². The molecule has 0 radical (unpaired) electrons. The molecule has 2 heterocycles. The van der Waals surface area contributed by atoms with Crippen molar-refractivity contribution in [1.29, 1.82) is 0 Å². The van der Waals surface area contributed by atoms with Crippen molar-refractivity contribution >= 4 is 11.3 Å². The van der Waals surface area contributed by atoms with Gasteiger partial charge in [0, 0.05) is 6.20 Å². The van der Waals surface area contributed by atoms with Gasteiger partial charge in [0.15, 0.2) is 5.69 Å². The lowest BCUT2D eigenvalue weighted by atomic mass is 10.4. The largest absolute Gasteiger partial charge is 0.435 e. The van der Waals surface area contributed by atoms with Crippen LogP contribution in [0.5, 0.6) is 0 Å². The Morgan fingerprint density at radius 3 is 2.57 bits per heavy atom. The van der Waals surface area contributed by atoms with Crippen molar-refractivity contribution in [1.82, 2.24) is 9.78 Å². The van der Waals surface area contributed by atoms with Crippen LogP contribution >= 0.6 is 11.3 Å². The molecule has 74 valence electrons. The molecule has 0 amide bonds. The van der Waals surface area contributed by atoms with Crippen molar-refractivity contribution in [3.63, 3.8) is 0 Å². The second kappa shape index (κ2) is 3.13. The lowest BCUT2D eigenvalue weighted by molar-refractivity contribution is -0.141. The van der Waals surface area contributed by atoms with E-state index in [4.69, 9.17) is 0 Å². The molecule has 0 aliphatic carbocycles. The summed E-state index contributed by atoms with van der Waals surface area (Å²) >= 11 is 1.33. The Bertz CT molecular complexity index is 416. The number of rotatable bonds is 1. The molecule has 2 nitrogen and oxygen atoms in total. The van der Waals surface area contributed by atoms with Gasteiger partial charge < -0.3 is 0 Å². The molecular formula is C8H5F3N2S. The van der Waals surface area contributed by atoms with E-state index in [0.717, 1.165) is 6.07 Å². The summed E-state index contributed by atoms with van der Waals surface area (Å²) in [5, 5.41) is 5.88. The molecule has 0 aromatic carbocycles. The van der Waals surface area contributed by atoms with Crippen molar-refractivity contribution in [2.45, 2.75) is 6.18 Å². The van der Waals surface area contributed by atoms with Crippen LogP contribution in [0.15, 0.2) is 29.8 Å². The van der Waals surface area contributed by atoms with Crippen LogP contribution in [-0.4, -0.2) is 9.78 Å². The number of thiophene rings is 1. The predicted molar refractivity (Wildman–Crippen MR) is 46.4 cm³/mol. The molecule has 6 heteroatoms. The molecule has 0 N–H and O–H groups in total. The van der Waals surface area contributed by atoms with Gasteiger partial charge >= 0.3 is 6.18 Å². The van der Waals surface area contributed by atoms with Gasteiger partial charge in [0.1, 0.15) is 5.00 Å². The van der Waals surface area contributed by atoms with Gasteiger partial charge in [0.05, 0.1) is 0 Å². The Morgan fingerprint density at radius 1 is 1.29 bits per heavy atom. The van der Waals surface area contributed by atoms with E-state index < -0.39 is 11.9 Å². The van der Waals surface area contributed by atoms with E-state index in [0.29, 0.717) is 5.00 Å². The summed E-state index contributed by atoms with van der Waals surface area (Å²) in [6, 6.07) is 4.42. The molecule has 0 saturated heterocycles. The first-order valence-corrected chi connectivity index (χ1v) is 4.62. The van der Waals surface area contributed by atoms with E-state index >= 15 is 0 Å². The van der Waals surface area contributed by atoms with Gasteiger partial charge in [-0.25, -0.2) is 4.68 Å². The Kier molecular flexibility index (Phi) is 2.07. The fourth-order valence-electron chi connectivity index (χ4n) is 0.998. The SMILES string of the molecule is FC(F)(F)c1ccn(-c2cccs2)n1. The molecule has 0 spiro atoms. The van der Waals surface area contributed by atoms with Crippen LogP contribution in [0, 0.1) is 0 Å². The van der Waals surface area contributed by atoms with Crippen LogP contribution in [-0.2, 0) is 6.18 Å². The number of aromatic nitrogens is 2. The van der Waals surface area contributed by atoms with E-state index in [2.05, 4.69) is 5.10 Å². The Morgan fingerprint density at radius 2 is 2.07 bits per heavy atom. The summed E-state index contributed by atoms with van der Waals surface area (Å²) in [7, 11) is 0. The number of hydrogen-bond acceptors (Lipinski definition) is 2. The van der Waals surface area contributed by atoms with E-state index in [1.54, 1.807) is 17.5 Å². The van der Waals surface area contributed by atoms with Crippen molar-refractivity contribution in [3.05, 3.63) is 35.5 Å². The zero-order valence-electron chi connectivity index (χ0n) is 6.82. The molecule has 2 rings (SSSR count). The minimum absolute atomic E-state index is 0.667. The molecule has 14 heavy (non-hydrogen) atoms. The van der Waals surface area contributed by atoms with Gasteiger partial charge in [-0.2, -0.15) is 18.3 Å². The Balaban J connectivity index is 2.36. The quantitative estimate of drug-likeness (QED) is 0.719. The highest BCUT2D eigenvalue weighted by atomic mass is 32.1. The van der Waals surface area contributed by atoms with Crippen LogP contribution in [0.3, 0.4) is 0 Å². The second-order valence-electron chi connectivity index (χ2n) is 2.59. The van der Waals surface area contributed by atoms with Gasteiger partial charge in [0.25, 0.3) is 0 Å². The van der Waals surface area contributed by atoms with Crippen molar-refractivity contribution in [2.24, 2.45) is 0 Å². The van der Waals surface area contributed by atoms with Crippen LogP contribution in [0.25, 0.3) is 5.00 Å². The van der Waals surface area contributed by atoms with Crippen LogP contribution in [0.1, 0.15) is 5.69 Å². The smallest absolute Gasteiger partial charge is 0.230 e. The molecule has 2 aromatic rings. The average Bonchev–Trinajstić information content (AvgIpc) is 2.73. The Labute approximate surface area is 81.6 Å². The first-order chi connectivity index (χ1) is 6.57. The molecule has 0 atom stereocenters. The lowest BCUT2D eigenvalue weighted by Gasteiger charge is -2.00. The number of alkyl halides is 3. The third-order valence-electron chi connectivity index (χ3n) is 1.61. The Hall–Kier alpha value is -1.30. The summed E-state index contributed by atoms with van der Waals surface area (Å²) in [5.74, 6) is 0. The molecule has 0 bridgehead atoms. The summed E-state index contributed by atoms with van der Waals surface area (Å²) in [6.07, 6.45) is -3.07. The highest BCUT2D eigenvalue weighted by molar-refractivity contribution is 7.12. The molecule has 0 fully saturated rings. The minimum Gasteiger partial charge on any atom is -0.230 e. The zero-order chi connectivity index (χ0) is 10.2. The van der Waals surface area contributed by atoms with Crippen LogP contribution in [0.4, 0.5) is 13.2 Å². The molecule has 2 aromatic heterocycles. The average molecular weight is 218 g/mol. The first-order valence-electron chi connectivity index (χ1n) is 3.74. The minimum atomic E-state index is -4.37. The maximum absolute atomic E-state index is 12.2. The van der Waals surface area contributed by atoms with Gasteiger partial charge in [-0.3, -0.25) is 0 Å². The summed E-state index contributed by atoms with van der Waals surface area (Å²) < 4.78 is 37.7. The molecule has 0 aliphatic heterocycles. The summed E-state index contributed by atoms with van der Waals surface area (Å²) in [5.41, 5.74) is -0.870. The fourth-order valence-corrected chi connectivity index (χ4v) is 1.66. The summed E-state index contributed by atoms with van der Waals surface area (Å²) in [4.78, 5) is 0. The molecular weight excluding hydrogens is 213 g/mol. The van der Waals surface area contributed by atoms with E-state index in [9.17, 15) is 13.2 Å². The van der Waals surface area contributed by atoms with Crippen molar-refractivity contribution in [3.8, 4) is 5.00 Å². The molecule has 0 unspecified atom stereocenters. The van der Waals surface area contributed by atoms with E-state index in [-0.39, 0.29) is 0 Å². The number of halogens is 3. The van der Waals surface area contributed by atoms with Crippen molar-refractivity contribution in [2.75, 3.05) is 0 Å². The third kappa shape index (κ3) is 1.65. The van der Waals surface area contributed by atoms with E-state index in [1.165, 1.54) is 22.2 Å². The standard InChI is InChI=1S/C8H5F3N2S/c9-8(10,11)6-3-4-13(12-6)7-2-1-5-14-7/h1-5H. The maximum Gasteiger partial charge on any atom is 0.435 e. The van der Waals surface area contributed by atoms with Crippen LogP contribution < -0.4 is 0 Å². The predicted octanol–water partition coefficient (Wildman–Crippen LogP) is 2.95. The zero-order valence-corrected chi connectivity index (χ0v) is 7.64. The van der Waals surface area contributed by atoms with Gasteiger partial charge in [-0.1, -0.05) is 0 Å². The highest BCUT2D eigenvalue weighted by Gasteiger charge is 2.33. The summed E-state index contributed by atoms with van der Waals surface area (Å²) in [6.45, 7) is 0. The third-order valence-corrected chi connectivity index (χ3v) is 2.47. The highest BCUT2D eigenvalue weighted by Crippen LogP contribution is 2.28. The topological polar surface area (TPSA) is 17.8 Å². The van der Waals surface area contributed by atoms with E-state index in [1.807, 2.05) is 0 Å². The van der Waals surface area contributed by atoms with Gasteiger partial charge in [-0.05, 0) is 23.6 Å².